The van der Waals surface area contributed by atoms with Crippen molar-refractivity contribution >= 4 is 22.9 Å². The van der Waals surface area contributed by atoms with E-state index in [0.29, 0.717) is 18.0 Å². The highest BCUT2D eigenvalue weighted by Gasteiger charge is 2.22. The first-order chi connectivity index (χ1) is 7.66. The molecule has 2 N–H and O–H groups in total. The van der Waals surface area contributed by atoms with Crippen LogP contribution in [-0.2, 0) is 0 Å². The Morgan fingerprint density at radius 3 is 3.00 bits per heavy atom. The largest absolute Gasteiger partial charge is 0.316 e. The predicted molar refractivity (Wildman–Crippen MR) is 71.3 cm³/mol. The molecule has 90 valence electrons. The van der Waals surface area contributed by atoms with Crippen molar-refractivity contribution in [3.63, 3.8) is 0 Å². The first kappa shape index (κ1) is 12.4. The summed E-state index contributed by atoms with van der Waals surface area (Å²) < 4.78 is 0.877. The molecule has 0 saturated carbocycles. The van der Waals surface area contributed by atoms with Crippen LogP contribution < -0.4 is 10.6 Å². The molecule has 0 amide bonds. The summed E-state index contributed by atoms with van der Waals surface area (Å²) in [4.78, 5) is 1.33. The van der Waals surface area contributed by atoms with Crippen LogP contribution in [0, 0.1) is 5.92 Å². The molecular formula is C12H19ClN2S. The van der Waals surface area contributed by atoms with E-state index in [4.69, 9.17) is 11.6 Å². The second-order valence-electron chi connectivity index (χ2n) is 4.61. The smallest absolute Gasteiger partial charge is 0.0931 e. The Morgan fingerprint density at radius 1 is 1.56 bits per heavy atom. The Bertz CT molecular complexity index is 340. The zero-order chi connectivity index (χ0) is 11.5. The van der Waals surface area contributed by atoms with Gasteiger partial charge in [-0.15, -0.1) is 11.3 Å². The summed E-state index contributed by atoms with van der Waals surface area (Å²) in [5.41, 5.74) is 0. The predicted octanol–water partition coefficient (Wildman–Crippen LogP) is 3.05. The third-order valence-corrected chi connectivity index (χ3v) is 4.68. The molecular weight excluding hydrogens is 240 g/mol. The molecule has 0 radical (unpaired) electrons. The van der Waals surface area contributed by atoms with Crippen molar-refractivity contribution in [2.45, 2.75) is 32.4 Å². The number of hydrogen-bond donors (Lipinski definition) is 2. The summed E-state index contributed by atoms with van der Waals surface area (Å²) in [6, 6.07) is 5.13. The highest BCUT2D eigenvalue weighted by Crippen LogP contribution is 2.27. The van der Waals surface area contributed by atoms with Crippen LogP contribution in [0.3, 0.4) is 0 Å². The number of halogens is 1. The third kappa shape index (κ3) is 2.98. The second-order valence-corrected chi connectivity index (χ2v) is 6.35. The van der Waals surface area contributed by atoms with Gasteiger partial charge in [-0.1, -0.05) is 18.5 Å². The van der Waals surface area contributed by atoms with Gasteiger partial charge in [0.15, 0.2) is 0 Å². The molecule has 0 bridgehead atoms. The van der Waals surface area contributed by atoms with E-state index in [1.165, 1.54) is 11.3 Å². The van der Waals surface area contributed by atoms with Crippen LogP contribution in [0.5, 0.6) is 0 Å². The van der Waals surface area contributed by atoms with Crippen LogP contribution in [0.4, 0.5) is 0 Å². The molecule has 3 atom stereocenters. The SMILES string of the molecule is CC(NC1CCNCC1C)c1ccc(Cl)s1. The maximum absolute atomic E-state index is 5.96. The molecule has 1 fully saturated rings. The minimum atomic E-state index is 0.406. The first-order valence-electron chi connectivity index (χ1n) is 5.89. The zero-order valence-corrected chi connectivity index (χ0v) is 11.4. The minimum Gasteiger partial charge on any atom is -0.316 e. The van der Waals surface area contributed by atoms with Crippen LogP contribution >= 0.6 is 22.9 Å². The monoisotopic (exact) mass is 258 g/mol. The van der Waals surface area contributed by atoms with Crippen molar-refractivity contribution in [3.8, 4) is 0 Å². The molecule has 2 heterocycles. The van der Waals surface area contributed by atoms with Crippen LogP contribution in [0.25, 0.3) is 0 Å². The van der Waals surface area contributed by atoms with Gasteiger partial charge < -0.3 is 10.6 Å². The molecule has 1 aliphatic rings. The lowest BCUT2D eigenvalue weighted by atomic mass is 9.94. The fourth-order valence-corrected chi connectivity index (χ4v) is 3.30. The van der Waals surface area contributed by atoms with E-state index in [0.717, 1.165) is 17.4 Å². The standard InChI is InChI=1S/C12H19ClN2S/c1-8-7-14-6-5-10(8)15-9(2)11-3-4-12(13)16-11/h3-4,8-10,14-15H,5-7H2,1-2H3. The lowest BCUT2D eigenvalue weighted by Crippen LogP contribution is -2.46. The lowest BCUT2D eigenvalue weighted by molar-refractivity contribution is 0.279. The molecule has 0 spiro atoms. The van der Waals surface area contributed by atoms with E-state index in [9.17, 15) is 0 Å². The third-order valence-electron chi connectivity index (χ3n) is 3.27. The van der Waals surface area contributed by atoms with Crippen LogP contribution in [0.1, 0.15) is 31.2 Å². The highest BCUT2D eigenvalue weighted by molar-refractivity contribution is 7.16. The molecule has 2 rings (SSSR count). The van der Waals surface area contributed by atoms with Gasteiger partial charge in [-0.25, -0.2) is 0 Å². The van der Waals surface area contributed by atoms with Gasteiger partial charge in [-0.05, 0) is 44.5 Å². The number of nitrogens with one attached hydrogen (secondary N) is 2. The molecule has 2 nitrogen and oxygen atoms in total. The van der Waals surface area contributed by atoms with Gasteiger partial charge in [0.1, 0.15) is 0 Å². The number of piperidine rings is 1. The highest BCUT2D eigenvalue weighted by atomic mass is 35.5. The zero-order valence-electron chi connectivity index (χ0n) is 9.79. The van der Waals surface area contributed by atoms with Crippen LogP contribution in [0.15, 0.2) is 12.1 Å². The summed E-state index contributed by atoms with van der Waals surface area (Å²) in [5.74, 6) is 0.701. The fourth-order valence-electron chi connectivity index (χ4n) is 2.23. The summed E-state index contributed by atoms with van der Waals surface area (Å²) in [6.45, 7) is 6.77. The van der Waals surface area contributed by atoms with Crippen molar-refractivity contribution in [1.29, 1.82) is 0 Å². The van der Waals surface area contributed by atoms with Gasteiger partial charge >= 0.3 is 0 Å². The molecule has 4 heteroatoms. The molecule has 0 aromatic carbocycles. The fraction of sp³-hybridized carbons (Fsp3) is 0.667. The number of thiophene rings is 1. The average molecular weight is 259 g/mol. The van der Waals surface area contributed by atoms with Gasteiger partial charge in [-0.2, -0.15) is 0 Å². The molecule has 16 heavy (non-hydrogen) atoms. The molecule has 1 aromatic heterocycles. The summed E-state index contributed by atoms with van der Waals surface area (Å²) in [7, 11) is 0. The minimum absolute atomic E-state index is 0.406. The van der Waals surface area contributed by atoms with Gasteiger partial charge in [0.2, 0.25) is 0 Å². The Balaban J connectivity index is 1.93. The second kappa shape index (κ2) is 5.50. The molecule has 1 aliphatic heterocycles. The van der Waals surface area contributed by atoms with E-state index in [2.05, 4.69) is 30.5 Å². The van der Waals surface area contributed by atoms with Crippen molar-refractivity contribution < 1.29 is 0 Å². The Morgan fingerprint density at radius 2 is 2.38 bits per heavy atom. The average Bonchev–Trinajstić information content (AvgIpc) is 2.68. The quantitative estimate of drug-likeness (QED) is 0.871. The van der Waals surface area contributed by atoms with Gasteiger partial charge in [0.05, 0.1) is 4.34 Å². The van der Waals surface area contributed by atoms with Crippen molar-refractivity contribution in [2.24, 2.45) is 5.92 Å². The van der Waals surface area contributed by atoms with E-state index in [1.54, 1.807) is 11.3 Å². The molecule has 1 aromatic rings. The molecule has 3 unspecified atom stereocenters. The first-order valence-corrected chi connectivity index (χ1v) is 7.08. The number of hydrogen-bond acceptors (Lipinski definition) is 3. The Hall–Kier alpha value is -0.0900. The topological polar surface area (TPSA) is 24.1 Å². The van der Waals surface area contributed by atoms with Gasteiger partial charge in [0, 0.05) is 17.0 Å². The maximum Gasteiger partial charge on any atom is 0.0931 e. The maximum atomic E-state index is 5.96. The van der Waals surface area contributed by atoms with E-state index in [-0.39, 0.29) is 0 Å². The molecule has 1 saturated heterocycles. The van der Waals surface area contributed by atoms with Crippen molar-refractivity contribution in [2.75, 3.05) is 13.1 Å². The van der Waals surface area contributed by atoms with Crippen LogP contribution in [0.2, 0.25) is 4.34 Å². The lowest BCUT2D eigenvalue weighted by Gasteiger charge is -2.32. The van der Waals surface area contributed by atoms with E-state index >= 15 is 0 Å². The van der Waals surface area contributed by atoms with E-state index < -0.39 is 0 Å². The van der Waals surface area contributed by atoms with E-state index in [1.807, 2.05) is 6.07 Å². The van der Waals surface area contributed by atoms with Gasteiger partial charge in [0.25, 0.3) is 0 Å². The summed E-state index contributed by atoms with van der Waals surface area (Å²) in [5, 5.41) is 7.13. The van der Waals surface area contributed by atoms with Gasteiger partial charge in [-0.3, -0.25) is 0 Å². The van der Waals surface area contributed by atoms with Crippen LogP contribution in [-0.4, -0.2) is 19.1 Å². The molecule has 0 aliphatic carbocycles. The van der Waals surface area contributed by atoms with Crippen molar-refractivity contribution in [3.05, 3.63) is 21.3 Å². The Kier molecular flexibility index (Phi) is 4.25. The number of rotatable bonds is 3. The Labute approximate surface area is 106 Å². The normalized spacial score (nSPS) is 27.9. The summed E-state index contributed by atoms with van der Waals surface area (Å²) in [6.07, 6.45) is 1.21. The van der Waals surface area contributed by atoms with Crippen molar-refractivity contribution in [1.82, 2.24) is 10.6 Å². The summed E-state index contributed by atoms with van der Waals surface area (Å²) >= 11 is 7.63.